The fourth-order valence-electron chi connectivity index (χ4n) is 2.76. The highest BCUT2D eigenvalue weighted by Gasteiger charge is 2.30. The van der Waals surface area contributed by atoms with E-state index in [1.807, 2.05) is 11.9 Å². The van der Waals surface area contributed by atoms with E-state index >= 15 is 0 Å². The lowest BCUT2D eigenvalue weighted by molar-refractivity contribution is 0.0662. The van der Waals surface area contributed by atoms with Gasteiger partial charge < -0.3 is 10.2 Å². The highest BCUT2D eigenvalue weighted by molar-refractivity contribution is 5.90. The molecule has 6 heteroatoms. The first-order valence-corrected chi connectivity index (χ1v) is 7.14. The van der Waals surface area contributed by atoms with E-state index in [0.717, 1.165) is 44.7 Å². The van der Waals surface area contributed by atoms with Crippen LogP contribution in [0.4, 0.5) is 0 Å². The molecule has 1 aromatic rings. The second-order valence-electron chi connectivity index (χ2n) is 5.64. The molecule has 1 aliphatic heterocycles. The van der Waals surface area contributed by atoms with E-state index in [0.29, 0.717) is 17.7 Å². The Bertz CT molecular complexity index is 452. The van der Waals surface area contributed by atoms with Crippen LogP contribution in [-0.4, -0.2) is 52.7 Å². The molecule has 1 saturated carbocycles. The fourth-order valence-corrected chi connectivity index (χ4v) is 2.76. The Labute approximate surface area is 113 Å². The molecule has 6 nitrogen and oxygen atoms in total. The van der Waals surface area contributed by atoms with Gasteiger partial charge in [0.25, 0.3) is 5.91 Å². The lowest BCUT2D eigenvalue weighted by Gasteiger charge is -2.31. The van der Waals surface area contributed by atoms with Crippen molar-refractivity contribution in [1.82, 2.24) is 25.4 Å². The van der Waals surface area contributed by atoms with E-state index in [9.17, 15) is 4.79 Å². The maximum Gasteiger partial charge on any atom is 0.293 e. The second kappa shape index (κ2) is 5.28. The summed E-state index contributed by atoms with van der Waals surface area (Å²) in [5.74, 6) is 2.25. The molecular weight excluding hydrogens is 242 g/mol. The van der Waals surface area contributed by atoms with Crippen molar-refractivity contribution >= 4 is 5.91 Å². The summed E-state index contributed by atoms with van der Waals surface area (Å²) in [6.45, 7) is 2.60. The summed E-state index contributed by atoms with van der Waals surface area (Å²) >= 11 is 0. The van der Waals surface area contributed by atoms with Gasteiger partial charge in [0.1, 0.15) is 5.82 Å². The third-order valence-corrected chi connectivity index (χ3v) is 3.96. The molecule has 19 heavy (non-hydrogen) atoms. The number of likely N-dealkylation sites (tertiary alicyclic amines) is 1. The number of aromatic nitrogens is 3. The average Bonchev–Trinajstić information content (AvgIpc) is 3.17. The number of aromatic amines is 1. The number of piperidine rings is 1. The SMILES string of the molecule is CNCC1CCCN(C(=O)c2n[nH]c(C3CC3)n2)C1. The number of nitrogens with one attached hydrogen (secondary N) is 2. The summed E-state index contributed by atoms with van der Waals surface area (Å²) in [5, 5.41) is 10.2. The van der Waals surface area contributed by atoms with Crippen LogP contribution in [0.3, 0.4) is 0 Å². The average molecular weight is 263 g/mol. The van der Waals surface area contributed by atoms with E-state index < -0.39 is 0 Å². The molecule has 2 heterocycles. The molecule has 0 bridgehead atoms. The van der Waals surface area contributed by atoms with Crippen LogP contribution in [0.2, 0.25) is 0 Å². The lowest BCUT2D eigenvalue weighted by atomic mass is 9.98. The zero-order chi connectivity index (χ0) is 13.2. The first kappa shape index (κ1) is 12.6. The Morgan fingerprint density at radius 3 is 3.05 bits per heavy atom. The smallest absolute Gasteiger partial charge is 0.293 e. The molecule has 1 aromatic heterocycles. The van der Waals surface area contributed by atoms with Crippen LogP contribution in [0.1, 0.15) is 48.0 Å². The predicted octanol–water partition coefficient (Wildman–Crippen LogP) is 0.754. The maximum absolute atomic E-state index is 12.4. The third kappa shape index (κ3) is 2.78. The number of carbonyl (C=O) groups is 1. The van der Waals surface area contributed by atoms with Gasteiger partial charge in [-0.3, -0.25) is 9.89 Å². The number of rotatable bonds is 4. The molecule has 1 saturated heterocycles. The Morgan fingerprint density at radius 1 is 1.47 bits per heavy atom. The molecule has 1 atom stereocenters. The summed E-state index contributed by atoms with van der Waals surface area (Å²) in [4.78, 5) is 18.6. The molecule has 1 aliphatic carbocycles. The van der Waals surface area contributed by atoms with Gasteiger partial charge in [0.2, 0.25) is 5.82 Å². The lowest BCUT2D eigenvalue weighted by Crippen LogP contribution is -2.42. The molecule has 1 unspecified atom stereocenters. The molecule has 0 spiro atoms. The van der Waals surface area contributed by atoms with E-state index in [2.05, 4.69) is 20.5 Å². The number of carbonyl (C=O) groups excluding carboxylic acids is 1. The van der Waals surface area contributed by atoms with E-state index in [1.165, 1.54) is 6.42 Å². The predicted molar refractivity (Wildman–Crippen MR) is 70.9 cm³/mol. The van der Waals surface area contributed by atoms with Crippen molar-refractivity contribution in [2.24, 2.45) is 5.92 Å². The quantitative estimate of drug-likeness (QED) is 0.841. The van der Waals surface area contributed by atoms with Crippen LogP contribution in [-0.2, 0) is 0 Å². The molecule has 2 fully saturated rings. The number of H-pyrrole nitrogens is 1. The molecule has 0 aromatic carbocycles. The largest absolute Gasteiger partial charge is 0.336 e. The molecule has 0 radical (unpaired) electrons. The van der Waals surface area contributed by atoms with Crippen molar-refractivity contribution in [3.63, 3.8) is 0 Å². The Hall–Kier alpha value is -1.43. The molecule has 2 N–H and O–H groups in total. The highest BCUT2D eigenvalue weighted by Crippen LogP contribution is 2.37. The van der Waals surface area contributed by atoms with E-state index in [-0.39, 0.29) is 5.91 Å². The van der Waals surface area contributed by atoms with Crippen molar-refractivity contribution in [2.45, 2.75) is 31.6 Å². The van der Waals surface area contributed by atoms with Crippen LogP contribution >= 0.6 is 0 Å². The topological polar surface area (TPSA) is 73.9 Å². The van der Waals surface area contributed by atoms with Crippen LogP contribution < -0.4 is 5.32 Å². The Morgan fingerprint density at radius 2 is 2.32 bits per heavy atom. The standard InChI is InChI=1S/C13H21N5O/c1-14-7-9-3-2-6-18(8-9)13(19)12-15-11(16-17-12)10-4-5-10/h9-10,14H,2-8H2,1H3,(H,15,16,17). The van der Waals surface area contributed by atoms with Crippen LogP contribution in [0.15, 0.2) is 0 Å². The monoisotopic (exact) mass is 263 g/mol. The number of hydrogen-bond donors (Lipinski definition) is 2. The van der Waals surface area contributed by atoms with Gasteiger partial charge in [-0.1, -0.05) is 0 Å². The zero-order valence-corrected chi connectivity index (χ0v) is 11.4. The zero-order valence-electron chi connectivity index (χ0n) is 11.4. The first-order chi connectivity index (χ1) is 9.28. The van der Waals surface area contributed by atoms with Crippen molar-refractivity contribution in [3.8, 4) is 0 Å². The highest BCUT2D eigenvalue weighted by atomic mass is 16.2. The Balaban J connectivity index is 1.64. The minimum Gasteiger partial charge on any atom is -0.336 e. The van der Waals surface area contributed by atoms with Gasteiger partial charge in [-0.05, 0) is 45.2 Å². The molecule has 2 aliphatic rings. The third-order valence-electron chi connectivity index (χ3n) is 3.96. The van der Waals surface area contributed by atoms with Gasteiger partial charge in [0.15, 0.2) is 0 Å². The molecule has 3 rings (SSSR count). The van der Waals surface area contributed by atoms with Crippen molar-refractivity contribution in [1.29, 1.82) is 0 Å². The summed E-state index contributed by atoms with van der Waals surface area (Å²) in [6.07, 6.45) is 4.58. The maximum atomic E-state index is 12.4. The minimum absolute atomic E-state index is 0.0241. The van der Waals surface area contributed by atoms with Crippen molar-refractivity contribution in [2.75, 3.05) is 26.7 Å². The summed E-state index contributed by atoms with van der Waals surface area (Å²) in [6, 6.07) is 0. The van der Waals surface area contributed by atoms with E-state index in [1.54, 1.807) is 0 Å². The normalized spacial score (nSPS) is 23.6. The van der Waals surface area contributed by atoms with Crippen molar-refractivity contribution in [3.05, 3.63) is 11.6 Å². The van der Waals surface area contributed by atoms with Crippen LogP contribution in [0.25, 0.3) is 0 Å². The molecular formula is C13H21N5O. The van der Waals surface area contributed by atoms with Gasteiger partial charge >= 0.3 is 0 Å². The van der Waals surface area contributed by atoms with Gasteiger partial charge in [0.05, 0.1) is 0 Å². The van der Waals surface area contributed by atoms with Gasteiger partial charge in [-0.2, -0.15) is 0 Å². The summed E-state index contributed by atoms with van der Waals surface area (Å²) in [5.41, 5.74) is 0. The summed E-state index contributed by atoms with van der Waals surface area (Å²) in [7, 11) is 1.96. The number of nitrogens with zero attached hydrogens (tertiary/aromatic N) is 3. The van der Waals surface area contributed by atoms with Gasteiger partial charge in [-0.25, -0.2) is 4.98 Å². The summed E-state index contributed by atoms with van der Waals surface area (Å²) < 4.78 is 0. The molecule has 1 amide bonds. The second-order valence-corrected chi connectivity index (χ2v) is 5.64. The minimum atomic E-state index is -0.0241. The van der Waals surface area contributed by atoms with Crippen LogP contribution in [0.5, 0.6) is 0 Å². The fraction of sp³-hybridized carbons (Fsp3) is 0.769. The number of hydrogen-bond acceptors (Lipinski definition) is 4. The van der Waals surface area contributed by atoms with E-state index in [4.69, 9.17) is 0 Å². The van der Waals surface area contributed by atoms with Crippen LogP contribution in [0, 0.1) is 5.92 Å². The van der Waals surface area contributed by atoms with Gasteiger partial charge in [0, 0.05) is 19.0 Å². The number of amides is 1. The van der Waals surface area contributed by atoms with Gasteiger partial charge in [-0.15, -0.1) is 5.10 Å². The van der Waals surface area contributed by atoms with Crippen molar-refractivity contribution < 1.29 is 4.79 Å². The molecule has 104 valence electrons. The Kier molecular flexibility index (Phi) is 3.50. The first-order valence-electron chi connectivity index (χ1n) is 7.14.